The van der Waals surface area contributed by atoms with Crippen LogP contribution in [0.1, 0.15) is 26.2 Å². The minimum atomic E-state index is -0.175. The summed E-state index contributed by atoms with van der Waals surface area (Å²) in [7, 11) is 3.66. The smallest absolute Gasteiger partial charge is 0.282 e. The molecular formula is C24H34N3O3+. The molecule has 1 heterocycles. The summed E-state index contributed by atoms with van der Waals surface area (Å²) in [4.78, 5) is 16.2. The first-order valence-corrected chi connectivity index (χ1v) is 10.8. The van der Waals surface area contributed by atoms with E-state index in [1.165, 1.54) is 24.9 Å². The molecule has 0 spiro atoms. The van der Waals surface area contributed by atoms with Crippen molar-refractivity contribution >= 4 is 17.3 Å². The van der Waals surface area contributed by atoms with Crippen LogP contribution in [-0.2, 0) is 4.79 Å². The summed E-state index contributed by atoms with van der Waals surface area (Å²) in [5, 5.41) is 3.04. The zero-order chi connectivity index (χ0) is 21.3. The van der Waals surface area contributed by atoms with Gasteiger partial charge in [0.1, 0.15) is 24.7 Å². The van der Waals surface area contributed by atoms with Crippen molar-refractivity contribution in [1.82, 2.24) is 0 Å². The summed E-state index contributed by atoms with van der Waals surface area (Å²) in [6.07, 6.45) is 3.84. The van der Waals surface area contributed by atoms with Crippen molar-refractivity contribution in [1.29, 1.82) is 0 Å². The van der Waals surface area contributed by atoms with Gasteiger partial charge in [0.05, 0.1) is 14.2 Å². The molecule has 2 aromatic rings. The monoisotopic (exact) mass is 412 g/mol. The Bertz CT molecular complexity index is 786. The van der Waals surface area contributed by atoms with Gasteiger partial charge in [-0.3, -0.25) is 4.79 Å². The molecule has 6 nitrogen and oxygen atoms in total. The zero-order valence-electron chi connectivity index (χ0n) is 18.3. The van der Waals surface area contributed by atoms with Crippen molar-refractivity contribution < 1.29 is 19.2 Å². The number of benzene rings is 2. The number of quaternary nitrogens is 1. The van der Waals surface area contributed by atoms with E-state index in [0.29, 0.717) is 6.61 Å². The van der Waals surface area contributed by atoms with E-state index in [-0.39, 0.29) is 11.9 Å². The molecule has 3 rings (SSSR count). The highest BCUT2D eigenvalue weighted by atomic mass is 16.5. The molecule has 1 aliphatic heterocycles. The van der Waals surface area contributed by atoms with Crippen molar-refractivity contribution in [2.75, 3.05) is 50.6 Å². The number of nitrogens with one attached hydrogen (secondary N) is 2. The van der Waals surface area contributed by atoms with Gasteiger partial charge in [-0.05, 0) is 74.7 Å². The standard InChI is InChI=1S/C24H33N3O3/c1-19(26(2)17-18-30-23-13-11-22(29-3)12-14-23)24(28)25-20-7-9-21(10-8-20)27-15-5-4-6-16-27/h7-14,19H,4-6,15-18H2,1-3H3,(H,25,28)/p+1/t19-/m0/s1. The number of likely N-dealkylation sites (N-methyl/N-ethyl adjacent to an activating group) is 1. The number of ether oxygens (including phenoxy) is 2. The summed E-state index contributed by atoms with van der Waals surface area (Å²) < 4.78 is 10.9. The third-order valence-corrected chi connectivity index (χ3v) is 5.81. The molecule has 0 saturated carbocycles. The van der Waals surface area contributed by atoms with E-state index >= 15 is 0 Å². The van der Waals surface area contributed by atoms with Crippen LogP contribution in [0.3, 0.4) is 0 Å². The Labute approximate surface area is 179 Å². The van der Waals surface area contributed by atoms with Crippen LogP contribution in [0.15, 0.2) is 48.5 Å². The van der Waals surface area contributed by atoms with Gasteiger partial charge < -0.3 is 24.6 Å². The van der Waals surface area contributed by atoms with Crippen LogP contribution < -0.4 is 24.6 Å². The number of hydrogen-bond donors (Lipinski definition) is 2. The molecule has 162 valence electrons. The van der Waals surface area contributed by atoms with Crippen molar-refractivity contribution in [3.05, 3.63) is 48.5 Å². The summed E-state index contributed by atoms with van der Waals surface area (Å²) in [6.45, 7) is 5.46. The second kappa shape index (κ2) is 10.9. The lowest BCUT2D eigenvalue weighted by Crippen LogP contribution is -3.14. The quantitative estimate of drug-likeness (QED) is 0.665. The van der Waals surface area contributed by atoms with E-state index in [2.05, 4.69) is 22.3 Å². The number of piperidine rings is 1. The first-order valence-electron chi connectivity index (χ1n) is 10.8. The molecule has 2 N–H and O–H groups in total. The molecular weight excluding hydrogens is 378 g/mol. The first kappa shape index (κ1) is 22.0. The molecule has 1 fully saturated rings. The Morgan fingerprint density at radius 3 is 2.30 bits per heavy atom. The van der Waals surface area contributed by atoms with E-state index < -0.39 is 0 Å². The van der Waals surface area contributed by atoms with Crippen LogP contribution in [0.5, 0.6) is 11.5 Å². The number of carbonyl (C=O) groups excluding carboxylic acids is 1. The predicted octanol–water partition coefficient (Wildman–Crippen LogP) is 2.61. The molecule has 1 amide bonds. The van der Waals surface area contributed by atoms with Crippen LogP contribution in [0.4, 0.5) is 11.4 Å². The fourth-order valence-corrected chi connectivity index (χ4v) is 3.60. The summed E-state index contributed by atoms with van der Waals surface area (Å²) in [5.41, 5.74) is 2.08. The van der Waals surface area contributed by atoms with Crippen molar-refractivity contribution in [3.8, 4) is 11.5 Å². The second-order valence-corrected chi connectivity index (χ2v) is 7.93. The van der Waals surface area contributed by atoms with Crippen LogP contribution in [0, 0.1) is 0 Å². The van der Waals surface area contributed by atoms with E-state index in [4.69, 9.17) is 9.47 Å². The number of methoxy groups -OCH3 is 1. The molecule has 0 radical (unpaired) electrons. The van der Waals surface area contributed by atoms with Crippen LogP contribution in [-0.4, -0.2) is 52.3 Å². The van der Waals surface area contributed by atoms with Crippen molar-refractivity contribution in [2.24, 2.45) is 0 Å². The number of anilines is 2. The SMILES string of the molecule is COc1ccc(OCC[NH+](C)[C@@H](C)C(=O)Nc2ccc(N3CCCCC3)cc2)cc1. The molecule has 0 bridgehead atoms. The van der Waals surface area contributed by atoms with Gasteiger partial charge in [-0.1, -0.05) is 0 Å². The van der Waals surface area contributed by atoms with Crippen LogP contribution >= 0.6 is 0 Å². The van der Waals surface area contributed by atoms with Gasteiger partial charge in [-0.15, -0.1) is 0 Å². The first-order chi connectivity index (χ1) is 14.6. The number of amides is 1. The molecule has 0 aromatic heterocycles. The fourth-order valence-electron chi connectivity index (χ4n) is 3.60. The molecule has 1 aliphatic rings. The van der Waals surface area contributed by atoms with Gasteiger partial charge in [0, 0.05) is 24.5 Å². The number of hydrogen-bond acceptors (Lipinski definition) is 4. The summed E-state index contributed by atoms with van der Waals surface area (Å²) in [5.74, 6) is 1.62. The molecule has 30 heavy (non-hydrogen) atoms. The van der Waals surface area contributed by atoms with Gasteiger partial charge in [-0.2, -0.15) is 0 Å². The highest BCUT2D eigenvalue weighted by molar-refractivity contribution is 5.93. The Morgan fingerprint density at radius 2 is 1.67 bits per heavy atom. The zero-order valence-corrected chi connectivity index (χ0v) is 18.3. The molecule has 6 heteroatoms. The van der Waals surface area contributed by atoms with E-state index in [1.54, 1.807) is 7.11 Å². The molecule has 1 unspecified atom stereocenters. The number of rotatable bonds is 9. The van der Waals surface area contributed by atoms with Gasteiger partial charge in [0.25, 0.3) is 5.91 Å². The Hall–Kier alpha value is -2.73. The predicted molar refractivity (Wildman–Crippen MR) is 121 cm³/mol. The largest absolute Gasteiger partial charge is 0.497 e. The fraction of sp³-hybridized carbons (Fsp3) is 0.458. The minimum Gasteiger partial charge on any atom is -0.497 e. The number of carbonyl (C=O) groups is 1. The molecule has 2 atom stereocenters. The molecule has 1 saturated heterocycles. The lowest BCUT2D eigenvalue weighted by molar-refractivity contribution is -0.894. The van der Waals surface area contributed by atoms with Crippen LogP contribution in [0.2, 0.25) is 0 Å². The Kier molecular flexibility index (Phi) is 7.97. The third kappa shape index (κ3) is 6.13. The van der Waals surface area contributed by atoms with Gasteiger partial charge in [0.2, 0.25) is 0 Å². The summed E-state index contributed by atoms with van der Waals surface area (Å²) >= 11 is 0. The average molecular weight is 413 g/mol. The Balaban J connectivity index is 1.43. The number of nitrogens with zero attached hydrogens (tertiary/aromatic N) is 1. The maximum atomic E-state index is 12.6. The van der Waals surface area contributed by atoms with Gasteiger partial charge in [0.15, 0.2) is 6.04 Å². The maximum absolute atomic E-state index is 12.6. The maximum Gasteiger partial charge on any atom is 0.282 e. The topological polar surface area (TPSA) is 55.2 Å². The minimum absolute atomic E-state index is 0.0164. The average Bonchev–Trinajstić information content (AvgIpc) is 2.80. The lowest BCUT2D eigenvalue weighted by atomic mass is 10.1. The normalized spacial score (nSPS) is 15.9. The van der Waals surface area contributed by atoms with Gasteiger partial charge in [-0.25, -0.2) is 0 Å². The summed E-state index contributed by atoms with van der Waals surface area (Å²) in [6, 6.07) is 15.5. The molecule has 0 aliphatic carbocycles. The van der Waals surface area contributed by atoms with Crippen LogP contribution in [0.25, 0.3) is 0 Å². The van der Waals surface area contributed by atoms with Gasteiger partial charge >= 0.3 is 0 Å². The highest BCUT2D eigenvalue weighted by Gasteiger charge is 2.22. The second-order valence-electron chi connectivity index (χ2n) is 7.93. The van der Waals surface area contributed by atoms with Crippen molar-refractivity contribution in [2.45, 2.75) is 32.2 Å². The highest BCUT2D eigenvalue weighted by Crippen LogP contribution is 2.22. The third-order valence-electron chi connectivity index (χ3n) is 5.81. The van der Waals surface area contributed by atoms with Crippen molar-refractivity contribution in [3.63, 3.8) is 0 Å². The molecule has 2 aromatic carbocycles. The van der Waals surface area contributed by atoms with E-state index in [0.717, 1.165) is 41.7 Å². The Morgan fingerprint density at radius 1 is 1.03 bits per heavy atom. The van der Waals surface area contributed by atoms with E-state index in [1.807, 2.05) is 50.4 Å². The lowest BCUT2D eigenvalue weighted by Gasteiger charge is -2.29. The van der Waals surface area contributed by atoms with E-state index in [9.17, 15) is 4.79 Å².